The third-order valence-corrected chi connectivity index (χ3v) is 11.1. The number of pyridine rings is 1. The first-order valence-corrected chi connectivity index (χ1v) is 21.0. The van der Waals surface area contributed by atoms with Gasteiger partial charge in [0.2, 0.25) is 15.9 Å². The van der Waals surface area contributed by atoms with E-state index in [9.17, 15) is 40.3 Å². The maximum Gasteiger partial charge on any atom is 0.435 e. The number of amides is 1. The molecule has 330 valence electrons. The van der Waals surface area contributed by atoms with Gasteiger partial charge >= 0.3 is 6.18 Å². The summed E-state index contributed by atoms with van der Waals surface area (Å²) < 4.78 is 142. The minimum absolute atomic E-state index is 0.0327. The van der Waals surface area contributed by atoms with Crippen molar-refractivity contribution in [2.45, 2.75) is 69.7 Å². The van der Waals surface area contributed by atoms with Crippen molar-refractivity contribution in [3.63, 3.8) is 0 Å². The Morgan fingerprint density at radius 3 is 2.34 bits per heavy atom. The number of hydrogen-bond acceptors (Lipinski definition) is 9. The fraction of sp³-hybridized carbons (Fsp3) is 0.400. The minimum Gasteiger partial charge on any atom is -0.373 e. The van der Waals surface area contributed by atoms with Crippen molar-refractivity contribution in [3.05, 3.63) is 93.0 Å². The van der Waals surface area contributed by atoms with Gasteiger partial charge < -0.3 is 19.9 Å². The summed E-state index contributed by atoms with van der Waals surface area (Å²) in [6.07, 6.45) is -5.31. The molecule has 2 aliphatic rings. The predicted molar refractivity (Wildman–Crippen MR) is 210 cm³/mol. The smallest absolute Gasteiger partial charge is 0.373 e. The second-order valence-electron chi connectivity index (χ2n) is 15.7. The number of hydrogen-bond donors (Lipinski definition) is 3. The number of halogens is 8. The highest BCUT2D eigenvalue weighted by Gasteiger charge is 2.54. The minimum atomic E-state index is -5.12. The molecular formula is C40H37ClF7N7O6S. The van der Waals surface area contributed by atoms with Crippen LogP contribution >= 0.6 is 11.6 Å². The number of aliphatic hydroxyl groups is 1. The van der Waals surface area contributed by atoms with Gasteiger partial charge in [0, 0.05) is 35.7 Å². The monoisotopic (exact) mass is 911 g/mol. The molecule has 13 nitrogen and oxygen atoms in total. The van der Waals surface area contributed by atoms with E-state index in [0.717, 1.165) is 25.3 Å². The first-order chi connectivity index (χ1) is 28.7. The summed E-state index contributed by atoms with van der Waals surface area (Å²) >= 11 is 6.59. The third-order valence-electron chi connectivity index (χ3n) is 10.3. The fourth-order valence-corrected chi connectivity index (χ4v) is 8.17. The van der Waals surface area contributed by atoms with Crippen molar-refractivity contribution >= 4 is 44.3 Å². The molecule has 1 aliphatic carbocycles. The van der Waals surface area contributed by atoms with Gasteiger partial charge in [-0.3, -0.25) is 18.9 Å². The number of alkyl halides is 5. The number of rotatable bonds is 9. The van der Waals surface area contributed by atoms with Crippen molar-refractivity contribution in [3.8, 4) is 23.0 Å². The summed E-state index contributed by atoms with van der Waals surface area (Å²) in [4.78, 5) is 18.7. The van der Waals surface area contributed by atoms with Crippen LogP contribution in [0.2, 0.25) is 5.02 Å². The number of carbonyl (C=O) groups is 1. The fourth-order valence-electron chi connectivity index (χ4n) is 7.43. The van der Waals surface area contributed by atoms with E-state index in [1.807, 2.05) is 0 Å². The summed E-state index contributed by atoms with van der Waals surface area (Å²) in [5.74, 6) is -4.16. The van der Waals surface area contributed by atoms with E-state index in [2.05, 4.69) is 32.1 Å². The zero-order valence-corrected chi connectivity index (χ0v) is 35.0. The summed E-state index contributed by atoms with van der Waals surface area (Å²) in [5.41, 5.74) is -4.63. The molecule has 62 heavy (non-hydrogen) atoms. The van der Waals surface area contributed by atoms with Gasteiger partial charge in [-0.05, 0) is 68.5 Å². The maximum absolute atomic E-state index is 15.4. The number of aryl methyl sites for hydroxylation is 1. The SMILES string of the molecule is C[C@@H]1Cc2c(C(F)(F)F)nn(CC(=O)N[C@@H](Cc3cc(F)cc(F)c3)c3nc(C#CC4(O)COC(C)(C)OC4)ccc3-c3ccc(Cl)c4c(NS(C)(=O)=O)nn(C)c34)c2C1(F)F. The van der Waals surface area contributed by atoms with Crippen LogP contribution < -0.4 is 10.0 Å². The number of carbonyl (C=O) groups excluding carboxylic acids is 1. The van der Waals surface area contributed by atoms with E-state index in [1.165, 1.54) is 36.0 Å². The molecule has 0 radical (unpaired) electrons. The third kappa shape index (κ3) is 9.11. The molecule has 0 unspecified atom stereocenters. The van der Waals surface area contributed by atoms with Crippen LogP contribution in [0.5, 0.6) is 0 Å². The first kappa shape index (κ1) is 44.8. The summed E-state index contributed by atoms with van der Waals surface area (Å²) in [7, 11) is -2.39. The van der Waals surface area contributed by atoms with Gasteiger partial charge in [-0.1, -0.05) is 30.5 Å². The van der Waals surface area contributed by atoms with Crippen molar-refractivity contribution in [2.75, 3.05) is 24.2 Å². The van der Waals surface area contributed by atoms with Crippen molar-refractivity contribution in [2.24, 2.45) is 13.0 Å². The van der Waals surface area contributed by atoms with Crippen LogP contribution in [0.25, 0.3) is 22.0 Å². The molecule has 2 aromatic carbocycles. The number of benzene rings is 2. The quantitative estimate of drug-likeness (QED) is 0.112. The Bertz CT molecular complexity index is 2770. The predicted octanol–water partition coefficient (Wildman–Crippen LogP) is 6.40. The Labute approximate surface area is 354 Å². The van der Waals surface area contributed by atoms with Gasteiger partial charge in [0.05, 0.1) is 47.1 Å². The van der Waals surface area contributed by atoms with Crippen LogP contribution in [-0.2, 0) is 62.8 Å². The van der Waals surface area contributed by atoms with E-state index in [4.69, 9.17) is 26.1 Å². The lowest BCUT2D eigenvalue weighted by molar-refractivity contribution is -0.288. The van der Waals surface area contributed by atoms with E-state index in [-0.39, 0.29) is 63.0 Å². The van der Waals surface area contributed by atoms with Gasteiger partial charge in [-0.2, -0.15) is 32.1 Å². The Morgan fingerprint density at radius 1 is 1.06 bits per heavy atom. The number of nitrogens with zero attached hydrogens (tertiary/aromatic N) is 5. The number of anilines is 1. The average molecular weight is 912 g/mol. The number of sulfonamides is 1. The number of aromatic nitrogens is 5. The molecule has 0 spiro atoms. The lowest BCUT2D eigenvalue weighted by atomic mass is 9.93. The molecule has 4 heterocycles. The van der Waals surface area contributed by atoms with Crippen LogP contribution in [0.4, 0.5) is 36.6 Å². The van der Waals surface area contributed by atoms with Crippen molar-refractivity contribution < 1.29 is 58.5 Å². The zero-order chi connectivity index (χ0) is 45.3. The highest BCUT2D eigenvalue weighted by molar-refractivity contribution is 7.92. The molecule has 1 amide bonds. The highest BCUT2D eigenvalue weighted by atomic mass is 35.5. The maximum atomic E-state index is 15.4. The molecule has 3 aromatic heterocycles. The molecule has 2 atom stereocenters. The number of ether oxygens (including phenoxy) is 2. The molecule has 0 saturated carbocycles. The Balaban J connectivity index is 1.40. The Morgan fingerprint density at radius 2 is 1.71 bits per heavy atom. The Hall–Kier alpha value is -5.27. The summed E-state index contributed by atoms with van der Waals surface area (Å²) in [5, 5.41) is 21.7. The number of nitrogens with one attached hydrogen (secondary N) is 2. The lowest BCUT2D eigenvalue weighted by Gasteiger charge is -2.37. The van der Waals surface area contributed by atoms with E-state index < -0.39 is 99.3 Å². The van der Waals surface area contributed by atoms with E-state index >= 15 is 8.78 Å². The van der Waals surface area contributed by atoms with Crippen LogP contribution in [0.1, 0.15) is 60.7 Å². The molecule has 3 N–H and O–H groups in total. The van der Waals surface area contributed by atoms with E-state index in [0.29, 0.717) is 10.7 Å². The molecule has 1 saturated heterocycles. The second kappa shape index (κ2) is 15.8. The van der Waals surface area contributed by atoms with Crippen molar-refractivity contribution in [1.29, 1.82) is 0 Å². The van der Waals surface area contributed by atoms with Crippen LogP contribution in [-0.4, -0.2) is 74.8 Å². The summed E-state index contributed by atoms with van der Waals surface area (Å²) in [6.45, 7) is 2.72. The van der Waals surface area contributed by atoms with Crippen LogP contribution in [0, 0.1) is 29.4 Å². The van der Waals surface area contributed by atoms with Crippen LogP contribution in [0.3, 0.4) is 0 Å². The van der Waals surface area contributed by atoms with Crippen LogP contribution in [0.15, 0.2) is 42.5 Å². The average Bonchev–Trinajstić information content (AvgIpc) is 3.76. The highest BCUT2D eigenvalue weighted by Crippen LogP contribution is 2.49. The van der Waals surface area contributed by atoms with Gasteiger partial charge in [-0.25, -0.2) is 22.2 Å². The van der Waals surface area contributed by atoms with E-state index in [1.54, 1.807) is 13.8 Å². The molecular weight excluding hydrogens is 875 g/mol. The molecule has 7 rings (SSSR count). The molecule has 0 bridgehead atoms. The zero-order valence-electron chi connectivity index (χ0n) is 33.4. The topological polar surface area (TPSA) is 162 Å². The van der Waals surface area contributed by atoms with Gasteiger partial charge in [0.25, 0.3) is 5.92 Å². The van der Waals surface area contributed by atoms with Gasteiger partial charge in [0.1, 0.15) is 29.6 Å². The second-order valence-corrected chi connectivity index (χ2v) is 17.9. The number of fused-ring (bicyclic) bond motifs is 2. The summed E-state index contributed by atoms with van der Waals surface area (Å²) in [6, 6.07) is 6.97. The first-order valence-electron chi connectivity index (χ1n) is 18.7. The van der Waals surface area contributed by atoms with Crippen molar-refractivity contribution in [1.82, 2.24) is 29.9 Å². The molecule has 22 heteroatoms. The van der Waals surface area contributed by atoms with Gasteiger partial charge in [-0.15, -0.1) is 0 Å². The lowest BCUT2D eigenvalue weighted by Crippen LogP contribution is -2.50. The standard InChI is InChI=1S/C40H37ClF7N7O6S/c1-20-12-27-34(40(46,47)48)51-55(35(27)39(20,44)45)17-30(56)50-29(15-21-13-22(42)16-23(43)14-21)32-25(7-6-24(49-32)10-11-38(57)18-60-37(2,3)61-19-38)26-8-9-28(41)31-33(26)54(4)52-36(31)53-62(5,58)59/h6-9,13-14,16,20,29,57H,12,15,17-19H2,1-5H3,(H,50,56)(H,52,53)/t20-,29+/m1/s1. The largest absolute Gasteiger partial charge is 0.435 e. The molecule has 5 aromatic rings. The van der Waals surface area contributed by atoms with Gasteiger partial charge in [0.15, 0.2) is 22.9 Å². The molecule has 1 aliphatic heterocycles. The normalized spacial score (nSPS) is 18.5. The molecule has 1 fully saturated rings. The Kier molecular flexibility index (Phi) is 11.4.